The van der Waals surface area contributed by atoms with Gasteiger partial charge in [-0.1, -0.05) is 54.1 Å². The van der Waals surface area contributed by atoms with Crippen molar-refractivity contribution in [3.05, 3.63) is 82.9 Å². The Morgan fingerprint density at radius 2 is 1.63 bits per heavy atom. The standard InChI is InChI=1S/C21H14ClF3O4S/c22-15-9-13(11-19(26)27)10-16(12-15)30(28,29)20-17(14-5-2-1-3-6-14)7-4-8-18(20)21(23,24)25/h1-10,12H,11H2,(H,26,27). The van der Waals surface area contributed by atoms with E-state index < -0.39 is 43.8 Å². The summed E-state index contributed by atoms with van der Waals surface area (Å²) in [5.41, 5.74) is -1.09. The molecular formula is C21H14ClF3O4S. The van der Waals surface area contributed by atoms with Gasteiger partial charge in [0.15, 0.2) is 0 Å². The van der Waals surface area contributed by atoms with E-state index >= 15 is 0 Å². The van der Waals surface area contributed by atoms with Crippen molar-refractivity contribution in [2.75, 3.05) is 0 Å². The zero-order valence-electron chi connectivity index (χ0n) is 15.2. The summed E-state index contributed by atoms with van der Waals surface area (Å²) in [5.74, 6) is -1.23. The molecule has 3 aromatic rings. The average Bonchev–Trinajstić information content (AvgIpc) is 2.66. The quantitative estimate of drug-likeness (QED) is 0.553. The molecule has 0 spiro atoms. The van der Waals surface area contributed by atoms with Crippen LogP contribution in [0.2, 0.25) is 5.02 Å². The molecule has 0 aliphatic carbocycles. The molecule has 156 valence electrons. The number of carboxylic acids is 1. The summed E-state index contributed by atoms with van der Waals surface area (Å²) in [7, 11) is -4.71. The predicted octanol–water partition coefficient (Wildman–Crippen LogP) is 5.49. The van der Waals surface area contributed by atoms with Crippen molar-refractivity contribution in [3.63, 3.8) is 0 Å². The van der Waals surface area contributed by atoms with Crippen molar-refractivity contribution in [1.29, 1.82) is 0 Å². The van der Waals surface area contributed by atoms with Gasteiger partial charge in [0, 0.05) is 10.6 Å². The topological polar surface area (TPSA) is 71.4 Å². The summed E-state index contributed by atoms with van der Waals surface area (Å²) in [6, 6.07) is 14.2. The number of hydrogen-bond donors (Lipinski definition) is 1. The fraction of sp³-hybridized carbons (Fsp3) is 0.0952. The van der Waals surface area contributed by atoms with Crippen LogP contribution in [0.15, 0.2) is 76.5 Å². The molecular weight excluding hydrogens is 441 g/mol. The van der Waals surface area contributed by atoms with Gasteiger partial charge in [0.05, 0.1) is 21.8 Å². The van der Waals surface area contributed by atoms with Crippen LogP contribution in [0.1, 0.15) is 11.1 Å². The van der Waals surface area contributed by atoms with Crippen LogP contribution in [-0.4, -0.2) is 19.5 Å². The van der Waals surface area contributed by atoms with Gasteiger partial charge in [0.25, 0.3) is 0 Å². The maximum atomic E-state index is 13.8. The summed E-state index contributed by atoms with van der Waals surface area (Å²) < 4.78 is 68.0. The van der Waals surface area contributed by atoms with Crippen LogP contribution in [0.4, 0.5) is 13.2 Å². The first-order chi connectivity index (χ1) is 14.0. The van der Waals surface area contributed by atoms with E-state index in [2.05, 4.69) is 0 Å². The minimum atomic E-state index is -4.93. The summed E-state index contributed by atoms with van der Waals surface area (Å²) in [6.07, 6.45) is -5.47. The Balaban J connectivity index is 2.33. The Kier molecular flexibility index (Phi) is 5.92. The Morgan fingerprint density at radius 1 is 0.967 bits per heavy atom. The Bertz CT molecular complexity index is 1210. The van der Waals surface area contributed by atoms with Crippen molar-refractivity contribution in [2.24, 2.45) is 0 Å². The molecule has 0 unspecified atom stereocenters. The van der Waals surface area contributed by atoms with Gasteiger partial charge in [-0.25, -0.2) is 8.42 Å². The molecule has 0 aliphatic heterocycles. The second kappa shape index (κ2) is 8.12. The van der Waals surface area contributed by atoms with Gasteiger partial charge < -0.3 is 5.11 Å². The fourth-order valence-electron chi connectivity index (χ4n) is 3.07. The monoisotopic (exact) mass is 454 g/mol. The van der Waals surface area contributed by atoms with E-state index in [1.165, 1.54) is 24.3 Å². The third kappa shape index (κ3) is 4.49. The summed E-state index contributed by atoms with van der Waals surface area (Å²) >= 11 is 5.93. The first-order valence-corrected chi connectivity index (χ1v) is 10.4. The summed E-state index contributed by atoms with van der Waals surface area (Å²) in [5, 5.41) is 8.87. The van der Waals surface area contributed by atoms with E-state index in [4.69, 9.17) is 16.7 Å². The van der Waals surface area contributed by atoms with Gasteiger partial charge in [-0.3, -0.25) is 4.79 Å². The number of benzene rings is 3. The molecule has 3 rings (SSSR count). The van der Waals surface area contributed by atoms with E-state index in [0.717, 1.165) is 18.2 Å². The lowest BCUT2D eigenvalue weighted by atomic mass is 10.0. The predicted molar refractivity (Wildman–Crippen MR) is 105 cm³/mol. The second-order valence-corrected chi connectivity index (χ2v) is 8.74. The molecule has 0 radical (unpaired) electrons. The van der Waals surface area contributed by atoms with Crippen LogP contribution in [0, 0.1) is 0 Å². The van der Waals surface area contributed by atoms with E-state index in [-0.39, 0.29) is 21.7 Å². The molecule has 0 atom stereocenters. The van der Waals surface area contributed by atoms with Gasteiger partial charge in [-0.05, 0) is 35.4 Å². The third-order valence-electron chi connectivity index (χ3n) is 4.27. The van der Waals surface area contributed by atoms with Crippen LogP contribution < -0.4 is 0 Å². The summed E-state index contributed by atoms with van der Waals surface area (Å²) in [4.78, 5) is 9.57. The van der Waals surface area contributed by atoms with Crippen LogP contribution in [-0.2, 0) is 27.2 Å². The smallest absolute Gasteiger partial charge is 0.417 e. The number of aliphatic carboxylic acids is 1. The number of rotatable bonds is 5. The molecule has 0 amide bonds. The van der Waals surface area contributed by atoms with E-state index in [9.17, 15) is 26.4 Å². The molecule has 0 aliphatic rings. The van der Waals surface area contributed by atoms with Crippen LogP contribution >= 0.6 is 11.6 Å². The van der Waals surface area contributed by atoms with E-state index in [0.29, 0.717) is 6.07 Å². The van der Waals surface area contributed by atoms with Gasteiger partial charge in [0.1, 0.15) is 0 Å². The number of carbonyl (C=O) groups is 1. The van der Waals surface area contributed by atoms with E-state index in [1.54, 1.807) is 18.2 Å². The fourth-order valence-corrected chi connectivity index (χ4v) is 5.16. The maximum Gasteiger partial charge on any atom is 0.417 e. The molecule has 0 bridgehead atoms. The third-order valence-corrected chi connectivity index (χ3v) is 6.32. The lowest BCUT2D eigenvalue weighted by Crippen LogP contribution is -2.15. The second-order valence-electron chi connectivity index (χ2n) is 6.42. The number of sulfone groups is 1. The SMILES string of the molecule is O=C(O)Cc1cc(Cl)cc(S(=O)(=O)c2c(-c3ccccc3)cccc2C(F)(F)F)c1. The van der Waals surface area contributed by atoms with Crippen molar-refractivity contribution in [1.82, 2.24) is 0 Å². The highest BCUT2D eigenvalue weighted by Gasteiger charge is 2.39. The minimum absolute atomic E-state index is 0.0549. The van der Waals surface area contributed by atoms with Gasteiger partial charge in [0.2, 0.25) is 9.84 Å². The number of carboxylic acid groups (broad SMARTS) is 1. The first kappa shape index (κ1) is 21.9. The lowest BCUT2D eigenvalue weighted by Gasteiger charge is -2.18. The number of hydrogen-bond acceptors (Lipinski definition) is 3. The highest BCUT2D eigenvalue weighted by molar-refractivity contribution is 7.91. The Hall–Kier alpha value is -2.84. The first-order valence-electron chi connectivity index (χ1n) is 8.52. The molecule has 0 heterocycles. The number of alkyl halides is 3. The molecule has 30 heavy (non-hydrogen) atoms. The van der Waals surface area contributed by atoms with Gasteiger partial charge in [-0.15, -0.1) is 0 Å². The lowest BCUT2D eigenvalue weighted by molar-refractivity contribution is -0.140. The molecule has 1 N–H and O–H groups in total. The van der Waals surface area contributed by atoms with Crippen molar-refractivity contribution in [3.8, 4) is 11.1 Å². The molecule has 4 nitrogen and oxygen atoms in total. The molecule has 0 fully saturated rings. The highest BCUT2D eigenvalue weighted by atomic mass is 35.5. The largest absolute Gasteiger partial charge is 0.481 e. The van der Waals surface area contributed by atoms with Gasteiger partial charge >= 0.3 is 12.1 Å². The number of halogens is 4. The maximum absolute atomic E-state index is 13.8. The van der Waals surface area contributed by atoms with Gasteiger partial charge in [-0.2, -0.15) is 13.2 Å². The van der Waals surface area contributed by atoms with Crippen LogP contribution in [0.5, 0.6) is 0 Å². The van der Waals surface area contributed by atoms with Crippen LogP contribution in [0.3, 0.4) is 0 Å². The zero-order valence-corrected chi connectivity index (χ0v) is 16.7. The Labute approximate surface area is 175 Å². The minimum Gasteiger partial charge on any atom is -0.481 e. The molecule has 9 heteroatoms. The zero-order chi connectivity index (χ0) is 22.1. The van der Waals surface area contributed by atoms with Crippen molar-refractivity contribution in [2.45, 2.75) is 22.4 Å². The molecule has 0 saturated heterocycles. The highest BCUT2D eigenvalue weighted by Crippen LogP contribution is 2.42. The van der Waals surface area contributed by atoms with Crippen molar-refractivity contribution >= 4 is 27.4 Å². The van der Waals surface area contributed by atoms with Crippen LogP contribution in [0.25, 0.3) is 11.1 Å². The van der Waals surface area contributed by atoms with E-state index in [1.807, 2.05) is 0 Å². The summed E-state index contributed by atoms with van der Waals surface area (Å²) in [6.45, 7) is 0. The van der Waals surface area contributed by atoms with Crippen molar-refractivity contribution < 1.29 is 31.5 Å². The molecule has 0 saturated carbocycles. The molecule has 0 aromatic heterocycles. The normalized spacial score (nSPS) is 12.0. The average molecular weight is 455 g/mol. The Morgan fingerprint density at radius 3 is 2.23 bits per heavy atom. The molecule has 3 aromatic carbocycles.